The number of carbonyl (C=O) groups excluding carboxylic acids is 1. The number of likely N-dealkylation sites (tertiary alicyclic amines) is 1. The van der Waals surface area contributed by atoms with E-state index < -0.39 is 0 Å². The van der Waals surface area contributed by atoms with Crippen molar-refractivity contribution in [1.29, 1.82) is 0 Å². The van der Waals surface area contributed by atoms with Crippen LogP contribution in [0.3, 0.4) is 0 Å². The van der Waals surface area contributed by atoms with Gasteiger partial charge in [0.2, 0.25) is 0 Å². The molecule has 0 aliphatic carbocycles. The molecular weight excluding hydrogens is 350 g/mol. The predicted molar refractivity (Wildman–Crippen MR) is 109 cm³/mol. The van der Waals surface area contributed by atoms with Gasteiger partial charge in [-0.3, -0.25) is 14.3 Å². The zero-order valence-electron chi connectivity index (χ0n) is 16.1. The molecule has 1 fully saturated rings. The molecule has 0 atom stereocenters. The molecule has 3 heterocycles. The molecule has 3 aromatic rings. The van der Waals surface area contributed by atoms with Gasteiger partial charge >= 0.3 is 0 Å². The van der Waals surface area contributed by atoms with E-state index in [0.29, 0.717) is 18.1 Å². The summed E-state index contributed by atoms with van der Waals surface area (Å²) in [4.78, 5) is 24.0. The number of benzene rings is 1. The molecule has 0 unspecified atom stereocenters. The Morgan fingerprint density at radius 3 is 2.46 bits per heavy atom. The van der Waals surface area contributed by atoms with E-state index >= 15 is 0 Å². The van der Waals surface area contributed by atoms with Gasteiger partial charge in [-0.1, -0.05) is 12.1 Å². The Hall–Kier alpha value is -2.99. The number of rotatable bonds is 4. The monoisotopic (exact) mass is 375 g/mol. The van der Waals surface area contributed by atoms with Crippen LogP contribution in [0.5, 0.6) is 0 Å². The van der Waals surface area contributed by atoms with Crippen molar-refractivity contribution in [2.45, 2.75) is 32.7 Å². The van der Waals surface area contributed by atoms with Gasteiger partial charge in [0.15, 0.2) is 0 Å². The predicted octanol–water partition coefficient (Wildman–Crippen LogP) is 3.33. The van der Waals surface area contributed by atoms with Gasteiger partial charge in [0, 0.05) is 49.0 Å². The number of piperidine rings is 1. The summed E-state index contributed by atoms with van der Waals surface area (Å²) < 4.78 is 1.96. The molecule has 1 aliphatic rings. The van der Waals surface area contributed by atoms with E-state index in [9.17, 15) is 4.79 Å². The molecule has 0 spiro atoms. The van der Waals surface area contributed by atoms with Crippen molar-refractivity contribution < 1.29 is 4.79 Å². The fourth-order valence-electron chi connectivity index (χ4n) is 3.54. The highest BCUT2D eigenvalue weighted by atomic mass is 16.2. The molecule has 144 valence electrons. The van der Waals surface area contributed by atoms with Crippen molar-refractivity contribution >= 4 is 5.91 Å². The lowest BCUT2D eigenvalue weighted by atomic mass is 10.1. The number of imidazole rings is 1. The van der Waals surface area contributed by atoms with Gasteiger partial charge in [-0.25, -0.2) is 4.98 Å². The second-order valence-electron chi connectivity index (χ2n) is 7.23. The lowest BCUT2D eigenvalue weighted by Gasteiger charge is -2.25. The van der Waals surface area contributed by atoms with Crippen LogP contribution >= 0.6 is 0 Å². The van der Waals surface area contributed by atoms with Crippen LogP contribution in [0.25, 0.3) is 17.1 Å². The van der Waals surface area contributed by atoms with Crippen LogP contribution in [-0.2, 0) is 6.54 Å². The molecule has 2 N–H and O–H groups in total. The zero-order valence-corrected chi connectivity index (χ0v) is 16.1. The maximum Gasteiger partial charge on any atom is 0.274 e. The third kappa shape index (κ3) is 3.68. The van der Waals surface area contributed by atoms with Crippen molar-refractivity contribution in [2.24, 2.45) is 5.73 Å². The van der Waals surface area contributed by atoms with Crippen LogP contribution in [0.15, 0.2) is 48.8 Å². The summed E-state index contributed by atoms with van der Waals surface area (Å²) >= 11 is 0. The molecule has 0 bridgehead atoms. The Balaban J connectivity index is 1.76. The molecule has 28 heavy (non-hydrogen) atoms. The SMILES string of the molecule is Cc1ccc(-c2nc(C(=O)N3CCCCC3)cn2-c2ccc(CN)cc2)cn1. The Morgan fingerprint density at radius 1 is 1.07 bits per heavy atom. The Kier molecular flexibility index (Phi) is 5.21. The Morgan fingerprint density at radius 2 is 1.82 bits per heavy atom. The first-order valence-corrected chi connectivity index (χ1v) is 9.77. The summed E-state index contributed by atoms with van der Waals surface area (Å²) in [7, 11) is 0. The molecule has 4 rings (SSSR count). The fraction of sp³-hybridized carbons (Fsp3) is 0.318. The summed E-state index contributed by atoms with van der Waals surface area (Å²) in [5.74, 6) is 0.715. The summed E-state index contributed by atoms with van der Waals surface area (Å²) in [6, 6.07) is 12.0. The highest BCUT2D eigenvalue weighted by Crippen LogP contribution is 2.24. The smallest absolute Gasteiger partial charge is 0.274 e. The van der Waals surface area contributed by atoms with Gasteiger partial charge in [-0.15, -0.1) is 0 Å². The summed E-state index contributed by atoms with van der Waals surface area (Å²) in [6.45, 7) is 4.06. The first-order chi connectivity index (χ1) is 13.7. The van der Waals surface area contributed by atoms with Crippen molar-refractivity contribution in [3.63, 3.8) is 0 Å². The normalized spacial score (nSPS) is 14.3. The van der Waals surface area contributed by atoms with E-state index in [1.807, 2.05) is 59.0 Å². The standard InChI is InChI=1S/C22H25N5O/c1-16-5-8-18(14-24-16)21-25-20(22(28)26-11-3-2-4-12-26)15-27(21)19-9-6-17(13-23)7-10-19/h5-10,14-15H,2-4,11-13,23H2,1H3. The van der Waals surface area contributed by atoms with Crippen molar-refractivity contribution in [3.8, 4) is 17.1 Å². The minimum atomic E-state index is -0.00153. The fourth-order valence-corrected chi connectivity index (χ4v) is 3.54. The molecule has 1 saturated heterocycles. The van der Waals surface area contributed by atoms with Gasteiger partial charge in [0.1, 0.15) is 11.5 Å². The summed E-state index contributed by atoms with van der Waals surface area (Å²) in [5.41, 5.74) is 10.0. The van der Waals surface area contributed by atoms with Gasteiger partial charge < -0.3 is 10.6 Å². The lowest BCUT2D eigenvalue weighted by molar-refractivity contribution is 0.0719. The first-order valence-electron chi connectivity index (χ1n) is 9.77. The Bertz CT molecular complexity index is 954. The molecule has 2 aromatic heterocycles. The van der Waals surface area contributed by atoms with Gasteiger partial charge in [0.25, 0.3) is 5.91 Å². The van der Waals surface area contributed by atoms with Crippen LogP contribution < -0.4 is 5.73 Å². The van der Waals surface area contributed by atoms with Crippen LogP contribution in [0.1, 0.15) is 41.0 Å². The molecule has 6 heteroatoms. The first kappa shape index (κ1) is 18.4. The van der Waals surface area contributed by atoms with E-state index in [1.54, 1.807) is 6.20 Å². The highest BCUT2D eigenvalue weighted by molar-refractivity contribution is 5.93. The molecular formula is C22H25N5O. The topological polar surface area (TPSA) is 77.0 Å². The summed E-state index contributed by atoms with van der Waals surface area (Å²) in [6.07, 6.45) is 6.94. The number of carbonyl (C=O) groups is 1. The van der Waals surface area contributed by atoms with E-state index in [1.165, 1.54) is 6.42 Å². The second kappa shape index (κ2) is 7.94. The molecule has 1 aromatic carbocycles. The number of nitrogens with zero attached hydrogens (tertiary/aromatic N) is 4. The second-order valence-corrected chi connectivity index (χ2v) is 7.23. The van der Waals surface area contributed by atoms with Crippen molar-refractivity contribution in [1.82, 2.24) is 19.4 Å². The third-order valence-corrected chi connectivity index (χ3v) is 5.19. The van der Waals surface area contributed by atoms with E-state index in [2.05, 4.69) is 4.98 Å². The van der Waals surface area contributed by atoms with Crippen LogP contribution in [-0.4, -0.2) is 38.4 Å². The van der Waals surface area contributed by atoms with Crippen LogP contribution in [0.4, 0.5) is 0 Å². The third-order valence-electron chi connectivity index (χ3n) is 5.19. The number of nitrogens with two attached hydrogens (primary N) is 1. The average Bonchev–Trinajstić information content (AvgIpc) is 3.20. The molecule has 1 aliphatic heterocycles. The molecule has 0 radical (unpaired) electrons. The minimum absolute atomic E-state index is 0.00153. The minimum Gasteiger partial charge on any atom is -0.337 e. The number of aryl methyl sites for hydroxylation is 1. The van der Waals surface area contributed by atoms with Crippen LogP contribution in [0, 0.1) is 6.92 Å². The molecule has 1 amide bonds. The summed E-state index contributed by atoms with van der Waals surface area (Å²) in [5, 5.41) is 0. The van der Waals surface area contributed by atoms with Crippen molar-refractivity contribution in [3.05, 3.63) is 65.7 Å². The van der Waals surface area contributed by atoms with E-state index in [-0.39, 0.29) is 5.91 Å². The number of aromatic nitrogens is 3. The number of pyridine rings is 1. The zero-order chi connectivity index (χ0) is 19.5. The van der Waals surface area contributed by atoms with Gasteiger partial charge in [0.05, 0.1) is 0 Å². The maximum atomic E-state index is 13.0. The number of amides is 1. The maximum absolute atomic E-state index is 13.0. The average molecular weight is 375 g/mol. The molecule has 0 saturated carbocycles. The highest BCUT2D eigenvalue weighted by Gasteiger charge is 2.23. The number of hydrogen-bond donors (Lipinski definition) is 1. The van der Waals surface area contributed by atoms with Crippen molar-refractivity contribution in [2.75, 3.05) is 13.1 Å². The van der Waals surface area contributed by atoms with E-state index in [0.717, 1.165) is 48.4 Å². The molecule has 6 nitrogen and oxygen atoms in total. The van der Waals surface area contributed by atoms with Gasteiger partial charge in [-0.05, 0) is 56.0 Å². The largest absolute Gasteiger partial charge is 0.337 e. The number of hydrogen-bond acceptors (Lipinski definition) is 4. The Labute approximate surface area is 165 Å². The quantitative estimate of drug-likeness (QED) is 0.759. The van der Waals surface area contributed by atoms with E-state index in [4.69, 9.17) is 10.7 Å². The van der Waals surface area contributed by atoms with Crippen LogP contribution in [0.2, 0.25) is 0 Å². The van der Waals surface area contributed by atoms with Gasteiger partial charge in [-0.2, -0.15) is 0 Å². The lowest BCUT2D eigenvalue weighted by Crippen LogP contribution is -2.35.